The molecule has 0 bridgehead atoms. The molecule has 4 rings (SSSR count). The first kappa shape index (κ1) is 23.1. The molecule has 0 saturated carbocycles. The minimum absolute atomic E-state index is 0. The van der Waals surface area contributed by atoms with Crippen LogP contribution in [0.2, 0.25) is 0 Å². The van der Waals surface area contributed by atoms with Gasteiger partial charge < -0.3 is 14.6 Å². The van der Waals surface area contributed by atoms with Crippen molar-refractivity contribution >= 4 is 23.9 Å². The summed E-state index contributed by atoms with van der Waals surface area (Å²) in [4.78, 5) is 13.0. The number of halogens is 2. The van der Waals surface area contributed by atoms with Crippen LogP contribution in [0.4, 0.5) is 4.39 Å². The summed E-state index contributed by atoms with van der Waals surface area (Å²) in [5.74, 6) is -0.205. The third-order valence-electron chi connectivity index (χ3n) is 5.56. The maximum absolute atomic E-state index is 14.7. The second-order valence-corrected chi connectivity index (χ2v) is 8.20. The van der Waals surface area contributed by atoms with E-state index in [0.29, 0.717) is 25.9 Å². The Labute approximate surface area is 187 Å². The highest BCUT2D eigenvalue weighted by molar-refractivity contribution is 5.85. The molecular weight excluding hydrogens is 421 g/mol. The van der Waals surface area contributed by atoms with Gasteiger partial charge in [-0.15, -0.1) is 12.4 Å². The summed E-state index contributed by atoms with van der Waals surface area (Å²) in [5.41, 5.74) is 2.10. The third-order valence-corrected chi connectivity index (χ3v) is 5.56. The molecule has 1 saturated heterocycles. The minimum atomic E-state index is -0.823. The lowest BCUT2D eigenvalue weighted by Gasteiger charge is -2.42. The molecule has 2 heterocycles. The van der Waals surface area contributed by atoms with Crippen LogP contribution >= 0.6 is 12.4 Å². The van der Waals surface area contributed by atoms with Crippen molar-refractivity contribution in [3.05, 3.63) is 65.5 Å². The lowest BCUT2D eigenvalue weighted by atomic mass is 9.83. The topological polar surface area (TPSA) is 59.0 Å². The number of benzene rings is 2. The molecule has 2 aromatic carbocycles. The van der Waals surface area contributed by atoms with E-state index in [1.807, 2.05) is 49.1 Å². The summed E-state index contributed by atoms with van der Waals surface area (Å²) < 4.78 is 26.6. The van der Waals surface area contributed by atoms with Crippen molar-refractivity contribution < 1.29 is 23.8 Å². The summed E-state index contributed by atoms with van der Waals surface area (Å²) in [6, 6.07) is 12.8. The molecule has 1 fully saturated rings. The van der Waals surface area contributed by atoms with E-state index in [2.05, 4.69) is 6.08 Å². The number of para-hydroxylation sites is 1. The van der Waals surface area contributed by atoms with Gasteiger partial charge in [-0.2, -0.15) is 0 Å². The molecule has 1 spiro atoms. The Balaban J connectivity index is 0.00000272. The normalized spacial score (nSPS) is 17.4. The fourth-order valence-corrected chi connectivity index (χ4v) is 4.15. The zero-order chi connectivity index (χ0) is 21.3. The Bertz CT molecular complexity index is 983. The van der Waals surface area contributed by atoms with E-state index in [1.54, 1.807) is 6.07 Å². The number of ether oxygens (including phenoxy) is 2. The Morgan fingerprint density at radius 1 is 1.23 bits per heavy atom. The van der Waals surface area contributed by atoms with E-state index in [9.17, 15) is 9.18 Å². The van der Waals surface area contributed by atoms with E-state index >= 15 is 0 Å². The molecule has 2 aliphatic heterocycles. The first-order valence-corrected chi connectivity index (χ1v) is 10.3. The zero-order valence-electron chi connectivity index (χ0n) is 17.6. The molecule has 0 radical (unpaired) electrons. The highest BCUT2D eigenvalue weighted by atomic mass is 35.5. The predicted octanol–water partition coefficient (Wildman–Crippen LogP) is 4.78. The number of likely N-dealkylation sites (tertiary alicyclic amines) is 1. The summed E-state index contributed by atoms with van der Waals surface area (Å²) >= 11 is 0. The van der Waals surface area contributed by atoms with Crippen LogP contribution < -0.4 is 9.47 Å². The van der Waals surface area contributed by atoms with Gasteiger partial charge in [0.2, 0.25) is 0 Å². The number of carbonyl (C=O) groups is 1. The third kappa shape index (κ3) is 5.02. The fraction of sp³-hybridized carbons (Fsp3) is 0.375. The van der Waals surface area contributed by atoms with Gasteiger partial charge in [-0.25, -0.2) is 4.39 Å². The Kier molecular flexibility index (Phi) is 6.92. The molecule has 7 heteroatoms. The molecule has 5 nitrogen and oxygen atoms in total. The number of nitrogens with zero attached hydrogens (tertiary/aromatic N) is 1. The number of rotatable bonds is 5. The van der Waals surface area contributed by atoms with Crippen LogP contribution in [0.5, 0.6) is 11.5 Å². The highest BCUT2D eigenvalue weighted by Gasteiger charge is 2.39. The standard InChI is InChI=1S/C24H26FNO4.ClH/c1-16(2)29-22-8-7-17(13-20(22)25)19-14-24(30-21-6-4-3-5-18(19)21)9-11-26(12-10-24)15-23(27)28;/h3-8,13-14,16H,9-12,15H2,1-2H3,(H,27,28);1H. The molecule has 166 valence electrons. The predicted molar refractivity (Wildman–Crippen MR) is 120 cm³/mol. The van der Waals surface area contributed by atoms with Crippen LogP contribution in [-0.2, 0) is 4.79 Å². The molecular formula is C24H27ClFNO4. The fourth-order valence-electron chi connectivity index (χ4n) is 4.15. The SMILES string of the molecule is CC(C)Oc1ccc(C2=CC3(CCN(CC(=O)O)CC3)Oc3ccccc32)cc1F.Cl. The van der Waals surface area contributed by atoms with Crippen molar-refractivity contribution in [3.8, 4) is 11.5 Å². The largest absolute Gasteiger partial charge is 0.488 e. The van der Waals surface area contributed by atoms with Gasteiger partial charge in [-0.3, -0.25) is 9.69 Å². The molecule has 2 aromatic rings. The van der Waals surface area contributed by atoms with E-state index in [-0.39, 0.29) is 30.8 Å². The second-order valence-electron chi connectivity index (χ2n) is 8.20. The smallest absolute Gasteiger partial charge is 0.317 e. The highest BCUT2D eigenvalue weighted by Crippen LogP contribution is 2.43. The monoisotopic (exact) mass is 447 g/mol. The van der Waals surface area contributed by atoms with Crippen molar-refractivity contribution in [2.24, 2.45) is 0 Å². The molecule has 31 heavy (non-hydrogen) atoms. The average Bonchev–Trinajstić information content (AvgIpc) is 2.70. The van der Waals surface area contributed by atoms with E-state index in [0.717, 1.165) is 22.4 Å². The van der Waals surface area contributed by atoms with Crippen LogP contribution in [-0.4, -0.2) is 47.3 Å². The van der Waals surface area contributed by atoms with Gasteiger partial charge in [0.15, 0.2) is 11.6 Å². The van der Waals surface area contributed by atoms with Crippen LogP contribution in [0.3, 0.4) is 0 Å². The van der Waals surface area contributed by atoms with Gasteiger partial charge in [0.1, 0.15) is 11.4 Å². The van der Waals surface area contributed by atoms with Crippen molar-refractivity contribution in [1.29, 1.82) is 0 Å². The van der Waals surface area contributed by atoms with Crippen LogP contribution in [0.25, 0.3) is 5.57 Å². The number of hydrogen-bond donors (Lipinski definition) is 1. The second kappa shape index (κ2) is 9.28. The number of carboxylic acids is 1. The van der Waals surface area contributed by atoms with Crippen molar-refractivity contribution in [3.63, 3.8) is 0 Å². The molecule has 0 aromatic heterocycles. The molecule has 0 aliphatic carbocycles. The number of piperidine rings is 1. The number of hydrogen-bond acceptors (Lipinski definition) is 4. The first-order chi connectivity index (χ1) is 14.3. The van der Waals surface area contributed by atoms with Crippen LogP contribution in [0.15, 0.2) is 48.5 Å². The quantitative estimate of drug-likeness (QED) is 0.714. The molecule has 0 atom stereocenters. The van der Waals surface area contributed by atoms with Gasteiger partial charge >= 0.3 is 5.97 Å². The van der Waals surface area contributed by atoms with Gasteiger partial charge in [0.05, 0.1) is 12.6 Å². The lowest BCUT2D eigenvalue weighted by Crippen LogP contribution is -2.49. The molecule has 1 N–H and O–H groups in total. The Morgan fingerprint density at radius 2 is 1.94 bits per heavy atom. The average molecular weight is 448 g/mol. The van der Waals surface area contributed by atoms with Crippen molar-refractivity contribution in [2.75, 3.05) is 19.6 Å². The summed E-state index contributed by atoms with van der Waals surface area (Å²) in [5, 5.41) is 9.06. The zero-order valence-corrected chi connectivity index (χ0v) is 18.5. The van der Waals surface area contributed by atoms with Crippen LogP contribution in [0.1, 0.15) is 37.8 Å². The number of aliphatic carboxylic acids is 1. The minimum Gasteiger partial charge on any atom is -0.488 e. The summed E-state index contributed by atoms with van der Waals surface area (Å²) in [6.07, 6.45) is 3.34. The lowest BCUT2D eigenvalue weighted by molar-refractivity contribution is -0.139. The van der Waals surface area contributed by atoms with Crippen molar-refractivity contribution in [1.82, 2.24) is 4.90 Å². The summed E-state index contributed by atoms with van der Waals surface area (Å²) in [6.45, 7) is 5.03. The molecule has 0 amide bonds. The Hall–Kier alpha value is -2.57. The van der Waals surface area contributed by atoms with Gasteiger partial charge in [-0.05, 0) is 49.3 Å². The maximum atomic E-state index is 14.7. The Morgan fingerprint density at radius 3 is 2.58 bits per heavy atom. The van der Waals surface area contributed by atoms with E-state index < -0.39 is 17.4 Å². The van der Waals surface area contributed by atoms with E-state index in [4.69, 9.17) is 14.6 Å². The molecule has 0 unspecified atom stereocenters. The number of fused-ring (bicyclic) bond motifs is 1. The van der Waals surface area contributed by atoms with Crippen molar-refractivity contribution in [2.45, 2.75) is 38.4 Å². The van der Waals surface area contributed by atoms with Gasteiger partial charge in [0, 0.05) is 31.5 Å². The van der Waals surface area contributed by atoms with Gasteiger partial charge in [-0.1, -0.05) is 24.3 Å². The summed E-state index contributed by atoms with van der Waals surface area (Å²) in [7, 11) is 0. The van der Waals surface area contributed by atoms with Gasteiger partial charge in [0.25, 0.3) is 0 Å². The number of carboxylic acid groups (broad SMARTS) is 1. The molecule has 2 aliphatic rings. The van der Waals surface area contributed by atoms with Crippen LogP contribution in [0, 0.1) is 5.82 Å². The first-order valence-electron chi connectivity index (χ1n) is 10.3. The maximum Gasteiger partial charge on any atom is 0.317 e. The van der Waals surface area contributed by atoms with E-state index in [1.165, 1.54) is 6.07 Å².